The zero-order valence-electron chi connectivity index (χ0n) is 22.4. The molecular weight excluding hydrogens is 502 g/mol. The summed E-state index contributed by atoms with van der Waals surface area (Å²) in [6.45, 7) is 2.47. The molecule has 2 aromatic rings. The summed E-state index contributed by atoms with van der Waals surface area (Å²) in [5.74, 6) is -0.740. The van der Waals surface area contributed by atoms with Crippen molar-refractivity contribution in [1.82, 2.24) is 10.4 Å². The van der Waals surface area contributed by atoms with Gasteiger partial charge in [0.1, 0.15) is 0 Å². The summed E-state index contributed by atoms with van der Waals surface area (Å²) >= 11 is 0. The fourth-order valence-electron chi connectivity index (χ4n) is 5.26. The molecule has 0 radical (unpaired) electrons. The third-order valence-electron chi connectivity index (χ3n) is 7.29. The number of nitrogens with zero attached hydrogens (tertiary/aromatic N) is 1. The molecule has 2 saturated heterocycles. The van der Waals surface area contributed by atoms with Gasteiger partial charge in [0.05, 0.1) is 25.4 Å². The Morgan fingerprint density at radius 2 is 1.87 bits per heavy atom. The monoisotopic (exact) mass is 541 g/mol. The van der Waals surface area contributed by atoms with Gasteiger partial charge in [-0.05, 0) is 49.1 Å². The van der Waals surface area contributed by atoms with Gasteiger partial charge in [0.15, 0.2) is 6.29 Å². The molecule has 10 nitrogen and oxygen atoms in total. The lowest BCUT2D eigenvalue weighted by molar-refractivity contribution is -0.253. The minimum Gasteiger partial charge on any atom is -0.392 e. The number of ether oxygens (including phenoxy) is 3. The Hall–Kier alpha value is -2.86. The molecule has 0 aromatic heterocycles. The molecule has 212 valence electrons. The van der Waals surface area contributed by atoms with Crippen molar-refractivity contribution in [3.63, 3.8) is 0 Å². The van der Waals surface area contributed by atoms with Crippen LogP contribution in [-0.4, -0.2) is 66.0 Å². The number of likely N-dealkylation sites (tertiary alicyclic amines) is 1. The second-order valence-electron chi connectivity index (χ2n) is 10.2. The van der Waals surface area contributed by atoms with Crippen molar-refractivity contribution < 1.29 is 34.1 Å². The smallest absolute Gasteiger partial charge is 0.243 e. The van der Waals surface area contributed by atoms with Gasteiger partial charge in [0.25, 0.3) is 0 Å². The molecule has 2 fully saturated rings. The quantitative estimate of drug-likeness (QED) is 0.238. The highest BCUT2D eigenvalue weighted by atomic mass is 16.7. The van der Waals surface area contributed by atoms with Crippen LogP contribution in [0.2, 0.25) is 0 Å². The van der Waals surface area contributed by atoms with Gasteiger partial charge in [-0.15, -0.1) is 0 Å². The Morgan fingerprint density at radius 1 is 1.08 bits per heavy atom. The highest BCUT2D eigenvalue weighted by Gasteiger charge is 2.35. The summed E-state index contributed by atoms with van der Waals surface area (Å²) in [6.07, 6.45) is 2.60. The van der Waals surface area contributed by atoms with Gasteiger partial charge in [0.2, 0.25) is 11.8 Å². The second kappa shape index (κ2) is 14.5. The molecule has 39 heavy (non-hydrogen) atoms. The first-order chi connectivity index (χ1) is 19.0. The first kappa shape index (κ1) is 29.1. The van der Waals surface area contributed by atoms with Crippen LogP contribution in [0.25, 0.3) is 0 Å². The number of amides is 2. The Kier molecular flexibility index (Phi) is 10.8. The second-order valence-corrected chi connectivity index (χ2v) is 10.2. The summed E-state index contributed by atoms with van der Waals surface area (Å²) < 4.78 is 18.4. The highest BCUT2D eigenvalue weighted by Crippen LogP contribution is 2.39. The molecule has 4 rings (SSSR count). The van der Waals surface area contributed by atoms with Gasteiger partial charge in [-0.1, -0.05) is 36.4 Å². The van der Waals surface area contributed by atoms with Gasteiger partial charge in [-0.2, -0.15) is 0 Å². The Balaban J connectivity index is 1.47. The van der Waals surface area contributed by atoms with E-state index in [-0.39, 0.29) is 37.6 Å². The lowest BCUT2D eigenvalue weighted by Gasteiger charge is -2.39. The van der Waals surface area contributed by atoms with E-state index >= 15 is 0 Å². The van der Waals surface area contributed by atoms with Gasteiger partial charge >= 0.3 is 0 Å². The number of nitrogens with one attached hydrogen (secondary N) is 2. The van der Waals surface area contributed by atoms with Crippen molar-refractivity contribution in [2.75, 3.05) is 32.1 Å². The fourth-order valence-corrected chi connectivity index (χ4v) is 5.26. The third kappa shape index (κ3) is 8.31. The minimum absolute atomic E-state index is 0.0108. The zero-order valence-corrected chi connectivity index (χ0v) is 22.4. The molecule has 0 aliphatic carbocycles. The fraction of sp³-hybridized carbons (Fsp3) is 0.517. The Morgan fingerprint density at radius 3 is 2.62 bits per heavy atom. The van der Waals surface area contributed by atoms with E-state index in [2.05, 4.69) is 10.2 Å². The molecule has 0 saturated carbocycles. The average molecular weight is 542 g/mol. The Bertz CT molecular complexity index is 1080. The van der Waals surface area contributed by atoms with Crippen LogP contribution in [-0.2, 0) is 30.4 Å². The standard InChI is InChI=1S/C29H39N3O7/c1-37-19-24-7-4-14-32(24)17-25-16-26(21-12-10-20(18-33)11-13-21)39-29(38-25)22-5-2-6-23(15-22)30-27(34)8-3-9-28(35)31-36/h2,5-6,10-13,15,24-26,29,33,36H,3-4,7-9,14,16-19H2,1H3,(H,30,34)(H,31,35)/t24-,25-,26+,29+/m0/s1. The predicted molar refractivity (Wildman–Crippen MR) is 144 cm³/mol. The van der Waals surface area contributed by atoms with E-state index in [0.29, 0.717) is 31.2 Å². The predicted octanol–water partition coefficient (Wildman–Crippen LogP) is 3.45. The number of aliphatic hydroxyl groups is 1. The van der Waals surface area contributed by atoms with Crippen LogP contribution >= 0.6 is 0 Å². The summed E-state index contributed by atoms with van der Waals surface area (Å²) in [6, 6.07) is 15.6. The molecule has 0 bridgehead atoms. The number of methoxy groups -OCH3 is 1. The molecule has 0 spiro atoms. The van der Waals surface area contributed by atoms with Gasteiger partial charge < -0.3 is 24.6 Å². The number of benzene rings is 2. The number of hydroxylamine groups is 1. The summed E-state index contributed by atoms with van der Waals surface area (Å²) in [5, 5.41) is 20.9. The molecular formula is C29H39N3O7. The molecule has 4 atom stereocenters. The van der Waals surface area contributed by atoms with Gasteiger partial charge in [-0.3, -0.25) is 19.7 Å². The summed E-state index contributed by atoms with van der Waals surface area (Å²) in [4.78, 5) is 26.0. The topological polar surface area (TPSA) is 130 Å². The zero-order chi connectivity index (χ0) is 27.6. The number of rotatable bonds is 12. The van der Waals surface area contributed by atoms with Gasteiger partial charge in [0, 0.05) is 50.2 Å². The van der Waals surface area contributed by atoms with Crippen LogP contribution in [0.1, 0.15) is 67.6 Å². The molecule has 10 heteroatoms. The first-order valence-electron chi connectivity index (χ1n) is 13.6. The largest absolute Gasteiger partial charge is 0.392 e. The molecule has 2 heterocycles. The molecule has 4 N–H and O–H groups in total. The Labute approximate surface area is 229 Å². The van der Waals surface area contributed by atoms with Crippen LogP contribution in [0.5, 0.6) is 0 Å². The van der Waals surface area contributed by atoms with E-state index in [4.69, 9.17) is 19.4 Å². The van der Waals surface area contributed by atoms with Crippen LogP contribution in [0.3, 0.4) is 0 Å². The number of anilines is 1. The summed E-state index contributed by atoms with van der Waals surface area (Å²) in [5.41, 5.74) is 4.85. The van der Waals surface area contributed by atoms with E-state index in [1.807, 2.05) is 42.5 Å². The first-order valence-corrected chi connectivity index (χ1v) is 13.6. The van der Waals surface area contributed by atoms with Crippen molar-refractivity contribution in [2.45, 2.75) is 69.7 Å². The minimum atomic E-state index is -0.625. The van der Waals surface area contributed by atoms with E-state index in [0.717, 1.165) is 42.6 Å². The lowest BCUT2D eigenvalue weighted by atomic mass is 9.99. The van der Waals surface area contributed by atoms with E-state index in [1.54, 1.807) is 18.7 Å². The molecule has 2 aliphatic rings. The van der Waals surface area contributed by atoms with Crippen molar-refractivity contribution in [2.24, 2.45) is 0 Å². The third-order valence-corrected chi connectivity index (χ3v) is 7.29. The van der Waals surface area contributed by atoms with Crippen LogP contribution < -0.4 is 10.8 Å². The maximum absolute atomic E-state index is 12.4. The van der Waals surface area contributed by atoms with Crippen molar-refractivity contribution >= 4 is 17.5 Å². The van der Waals surface area contributed by atoms with Crippen LogP contribution in [0.4, 0.5) is 5.69 Å². The number of carbonyl (C=O) groups excluding carboxylic acids is 2. The molecule has 0 unspecified atom stereocenters. The highest BCUT2D eigenvalue weighted by molar-refractivity contribution is 5.91. The van der Waals surface area contributed by atoms with Gasteiger partial charge in [-0.25, -0.2) is 5.48 Å². The van der Waals surface area contributed by atoms with E-state index in [1.165, 1.54) is 0 Å². The normalized spacial score (nSPS) is 23.5. The molecule has 2 amide bonds. The SMILES string of the molecule is COC[C@@H]1CCCN1C[C@@H]1C[C@H](c2ccc(CO)cc2)O[C@H](c2cccc(NC(=O)CCCC(=O)NO)c2)O1. The number of carbonyl (C=O) groups is 2. The lowest BCUT2D eigenvalue weighted by Crippen LogP contribution is -2.42. The summed E-state index contributed by atoms with van der Waals surface area (Å²) in [7, 11) is 1.74. The number of hydrogen-bond donors (Lipinski definition) is 4. The maximum atomic E-state index is 12.4. The van der Waals surface area contributed by atoms with Crippen molar-refractivity contribution in [3.8, 4) is 0 Å². The maximum Gasteiger partial charge on any atom is 0.243 e. The number of hydrogen-bond acceptors (Lipinski definition) is 8. The van der Waals surface area contributed by atoms with E-state index in [9.17, 15) is 14.7 Å². The molecule has 2 aromatic carbocycles. The van der Waals surface area contributed by atoms with Crippen molar-refractivity contribution in [3.05, 3.63) is 65.2 Å². The van der Waals surface area contributed by atoms with E-state index < -0.39 is 12.2 Å². The van der Waals surface area contributed by atoms with Crippen molar-refractivity contribution in [1.29, 1.82) is 0 Å². The van der Waals surface area contributed by atoms with Crippen LogP contribution in [0.15, 0.2) is 48.5 Å². The molecule has 2 aliphatic heterocycles. The van der Waals surface area contributed by atoms with Crippen LogP contribution in [0, 0.1) is 0 Å². The average Bonchev–Trinajstić information content (AvgIpc) is 3.39. The number of aliphatic hydroxyl groups excluding tert-OH is 1.